The number of aldehydes is 2. The third-order valence-corrected chi connectivity index (χ3v) is 4.91. The molecule has 0 unspecified atom stereocenters. The highest BCUT2D eigenvalue weighted by Crippen LogP contribution is 2.33. The number of aryl methyl sites for hydroxylation is 2. The van der Waals surface area contributed by atoms with Crippen LogP contribution in [0.4, 0.5) is 0 Å². The van der Waals surface area contributed by atoms with Gasteiger partial charge in [0.1, 0.15) is 0 Å². The van der Waals surface area contributed by atoms with Crippen LogP contribution in [0.15, 0.2) is 33.2 Å². The van der Waals surface area contributed by atoms with E-state index in [1.807, 2.05) is 26.0 Å². The Labute approximate surface area is 134 Å². The van der Waals surface area contributed by atoms with Crippen LogP contribution in [0.5, 0.6) is 0 Å². The molecule has 0 amide bonds. The van der Waals surface area contributed by atoms with Crippen LogP contribution in [0.3, 0.4) is 0 Å². The number of carbonyl (C=O) groups is 2. The summed E-state index contributed by atoms with van der Waals surface area (Å²) in [6.45, 7) is 3.91. The first-order valence-corrected chi connectivity index (χ1v) is 7.57. The number of halogens is 2. The molecule has 2 aromatic carbocycles. The molecule has 0 saturated heterocycles. The highest BCUT2D eigenvalue weighted by molar-refractivity contribution is 9.10. The van der Waals surface area contributed by atoms with Gasteiger partial charge < -0.3 is 0 Å². The Bertz CT molecular complexity index is 645. The average Bonchev–Trinajstić information content (AvgIpc) is 2.43. The molecule has 0 heterocycles. The van der Waals surface area contributed by atoms with Crippen LogP contribution in [0, 0.1) is 13.8 Å². The Balaban J connectivity index is 2.80. The topological polar surface area (TPSA) is 34.1 Å². The van der Waals surface area contributed by atoms with Gasteiger partial charge in [0.25, 0.3) is 0 Å². The first kappa shape index (κ1) is 15.1. The van der Waals surface area contributed by atoms with E-state index in [9.17, 15) is 9.59 Å². The van der Waals surface area contributed by atoms with E-state index in [2.05, 4.69) is 31.9 Å². The normalized spacial score (nSPS) is 10.4. The minimum Gasteiger partial charge on any atom is -0.298 e. The molecule has 2 rings (SSSR count). The van der Waals surface area contributed by atoms with Crippen molar-refractivity contribution >= 4 is 44.4 Å². The van der Waals surface area contributed by atoms with Gasteiger partial charge in [-0.3, -0.25) is 9.59 Å². The summed E-state index contributed by atoms with van der Waals surface area (Å²) in [5.41, 5.74) is 4.71. The van der Waals surface area contributed by atoms with Crippen molar-refractivity contribution in [1.29, 1.82) is 0 Å². The molecule has 0 aromatic heterocycles. The minimum absolute atomic E-state index is 0.562. The van der Waals surface area contributed by atoms with Gasteiger partial charge in [-0.25, -0.2) is 0 Å². The van der Waals surface area contributed by atoms with E-state index >= 15 is 0 Å². The summed E-state index contributed by atoms with van der Waals surface area (Å²) in [6.07, 6.45) is 1.62. The van der Waals surface area contributed by atoms with Crippen molar-refractivity contribution in [2.75, 3.05) is 0 Å². The van der Waals surface area contributed by atoms with Gasteiger partial charge in [0.15, 0.2) is 12.6 Å². The second-order valence-corrected chi connectivity index (χ2v) is 6.32. The summed E-state index contributed by atoms with van der Waals surface area (Å²) in [4.78, 5) is 22.6. The van der Waals surface area contributed by atoms with Crippen molar-refractivity contribution < 1.29 is 9.59 Å². The third kappa shape index (κ3) is 2.76. The molecule has 0 fully saturated rings. The van der Waals surface area contributed by atoms with E-state index < -0.39 is 0 Å². The van der Waals surface area contributed by atoms with E-state index in [0.29, 0.717) is 11.1 Å². The highest BCUT2D eigenvalue weighted by Gasteiger charge is 2.13. The molecule has 20 heavy (non-hydrogen) atoms. The maximum atomic E-state index is 11.3. The summed E-state index contributed by atoms with van der Waals surface area (Å²) >= 11 is 6.84. The lowest BCUT2D eigenvalue weighted by atomic mass is 9.93. The highest BCUT2D eigenvalue weighted by atomic mass is 79.9. The summed E-state index contributed by atoms with van der Waals surface area (Å²) in [5.74, 6) is 0. The summed E-state index contributed by atoms with van der Waals surface area (Å²) in [7, 11) is 0. The second kappa shape index (κ2) is 6.02. The van der Waals surface area contributed by atoms with Crippen LogP contribution in [0.1, 0.15) is 31.8 Å². The van der Waals surface area contributed by atoms with Gasteiger partial charge in [0.05, 0.1) is 0 Å². The van der Waals surface area contributed by atoms with E-state index in [1.54, 1.807) is 12.1 Å². The molecular formula is C16H12Br2O2. The van der Waals surface area contributed by atoms with Crippen molar-refractivity contribution in [2.24, 2.45) is 0 Å². The van der Waals surface area contributed by atoms with Crippen molar-refractivity contribution in [3.63, 3.8) is 0 Å². The zero-order valence-corrected chi connectivity index (χ0v) is 14.2. The van der Waals surface area contributed by atoms with Gasteiger partial charge >= 0.3 is 0 Å². The minimum atomic E-state index is 0.562. The Morgan fingerprint density at radius 2 is 1.10 bits per heavy atom. The predicted octanol–water partition coefficient (Wildman–Crippen LogP) is 5.12. The molecule has 2 nitrogen and oxygen atoms in total. The first-order valence-electron chi connectivity index (χ1n) is 5.99. The quantitative estimate of drug-likeness (QED) is 0.675. The van der Waals surface area contributed by atoms with Crippen LogP contribution in [-0.4, -0.2) is 12.6 Å². The van der Waals surface area contributed by atoms with E-state index in [1.165, 1.54) is 0 Å². The Morgan fingerprint density at radius 3 is 1.40 bits per heavy atom. The van der Waals surface area contributed by atoms with Crippen LogP contribution in [-0.2, 0) is 0 Å². The first-order chi connectivity index (χ1) is 9.47. The molecule has 0 aliphatic heterocycles. The molecule has 0 saturated carbocycles. The van der Waals surface area contributed by atoms with Crippen LogP contribution < -0.4 is 0 Å². The van der Waals surface area contributed by atoms with Crippen molar-refractivity contribution in [3.05, 3.63) is 55.5 Å². The lowest BCUT2D eigenvalue weighted by Gasteiger charge is -2.12. The SMILES string of the molecule is Cc1cc(-c2cc(C)c(Br)cc2C=O)c(C=O)cc1Br. The Hall–Kier alpha value is -1.26. The van der Waals surface area contributed by atoms with Crippen LogP contribution >= 0.6 is 31.9 Å². The molecule has 0 atom stereocenters. The molecule has 0 bridgehead atoms. The van der Waals surface area contributed by atoms with Gasteiger partial charge in [-0.05, 0) is 60.4 Å². The van der Waals surface area contributed by atoms with Gasteiger partial charge in [-0.2, -0.15) is 0 Å². The maximum Gasteiger partial charge on any atom is 0.150 e. The fourth-order valence-corrected chi connectivity index (χ4v) is 2.78. The molecule has 4 heteroatoms. The smallest absolute Gasteiger partial charge is 0.150 e. The van der Waals surface area contributed by atoms with Gasteiger partial charge in [0, 0.05) is 20.1 Å². The lowest BCUT2D eigenvalue weighted by Crippen LogP contribution is -1.96. The summed E-state index contributed by atoms with van der Waals surface area (Å²) in [5, 5.41) is 0. The average molecular weight is 396 g/mol. The maximum absolute atomic E-state index is 11.3. The van der Waals surface area contributed by atoms with E-state index in [-0.39, 0.29) is 0 Å². The largest absolute Gasteiger partial charge is 0.298 e. The van der Waals surface area contributed by atoms with Crippen molar-refractivity contribution in [2.45, 2.75) is 13.8 Å². The summed E-state index contributed by atoms with van der Waals surface area (Å²) in [6, 6.07) is 7.40. The molecule has 2 aromatic rings. The lowest BCUT2D eigenvalue weighted by molar-refractivity contribution is 0.111. The van der Waals surface area contributed by atoms with Crippen LogP contribution in [0.2, 0.25) is 0 Å². The molecule has 102 valence electrons. The molecular weight excluding hydrogens is 384 g/mol. The number of hydrogen-bond acceptors (Lipinski definition) is 2. The monoisotopic (exact) mass is 394 g/mol. The number of carbonyl (C=O) groups excluding carboxylic acids is 2. The Kier molecular flexibility index (Phi) is 4.55. The number of hydrogen-bond donors (Lipinski definition) is 0. The molecule has 0 aliphatic rings. The zero-order valence-electron chi connectivity index (χ0n) is 11.0. The standard InChI is InChI=1S/C16H12Br2O2/c1-9-3-13(11(7-19)5-15(9)17)14-4-10(2)16(18)6-12(14)8-20/h3-8H,1-2H3. The van der Waals surface area contributed by atoms with Gasteiger partial charge in [-0.1, -0.05) is 31.9 Å². The van der Waals surface area contributed by atoms with Crippen molar-refractivity contribution in [1.82, 2.24) is 0 Å². The molecule has 0 radical (unpaired) electrons. The number of benzene rings is 2. The fraction of sp³-hybridized carbons (Fsp3) is 0.125. The van der Waals surface area contributed by atoms with Crippen LogP contribution in [0.25, 0.3) is 11.1 Å². The molecule has 0 aliphatic carbocycles. The second-order valence-electron chi connectivity index (χ2n) is 4.61. The van der Waals surface area contributed by atoms with E-state index in [4.69, 9.17) is 0 Å². The number of rotatable bonds is 3. The van der Waals surface area contributed by atoms with Gasteiger partial charge in [-0.15, -0.1) is 0 Å². The molecule has 0 spiro atoms. The Morgan fingerprint density at radius 1 is 0.750 bits per heavy atom. The predicted molar refractivity (Wildman–Crippen MR) is 87.5 cm³/mol. The van der Waals surface area contributed by atoms with E-state index in [0.717, 1.165) is 43.8 Å². The molecule has 0 N–H and O–H groups in total. The fourth-order valence-electron chi connectivity index (χ4n) is 2.06. The van der Waals surface area contributed by atoms with Gasteiger partial charge in [0.2, 0.25) is 0 Å². The zero-order chi connectivity index (χ0) is 14.9. The third-order valence-electron chi connectivity index (χ3n) is 3.21. The summed E-state index contributed by atoms with van der Waals surface area (Å²) < 4.78 is 1.76. The van der Waals surface area contributed by atoms with Crippen molar-refractivity contribution in [3.8, 4) is 11.1 Å².